The minimum Gasteiger partial charge on any atom is -0.388 e. The summed E-state index contributed by atoms with van der Waals surface area (Å²) in [7, 11) is 1.92. The summed E-state index contributed by atoms with van der Waals surface area (Å²) in [5.41, 5.74) is 6.05. The SMILES string of the molecule is CC(CC(=N)N)N(C)C(C)c1ccccc1F. The van der Waals surface area contributed by atoms with Crippen LogP contribution < -0.4 is 5.73 Å². The van der Waals surface area contributed by atoms with E-state index in [1.807, 2.05) is 31.9 Å². The van der Waals surface area contributed by atoms with E-state index in [4.69, 9.17) is 11.1 Å². The molecule has 0 saturated carbocycles. The minimum atomic E-state index is -0.193. The Labute approximate surface area is 102 Å². The Balaban J connectivity index is 2.79. The third-order valence-corrected chi connectivity index (χ3v) is 3.18. The third-order valence-electron chi connectivity index (χ3n) is 3.18. The van der Waals surface area contributed by atoms with Gasteiger partial charge in [-0.2, -0.15) is 0 Å². The maximum absolute atomic E-state index is 13.6. The molecule has 0 aliphatic heterocycles. The number of hydrogen-bond donors (Lipinski definition) is 2. The van der Waals surface area contributed by atoms with E-state index in [2.05, 4.69) is 0 Å². The molecule has 3 N–H and O–H groups in total. The van der Waals surface area contributed by atoms with Gasteiger partial charge in [-0.15, -0.1) is 0 Å². The van der Waals surface area contributed by atoms with Crippen LogP contribution in [0.4, 0.5) is 4.39 Å². The van der Waals surface area contributed by atoms with E-state index in [1.165, 1.54) is 6.07 Å². The van der Waals surface area contributed by atoms with Gasteiger partial charge in [-0.3, -0.25) is 10.3 Å². The predicted octanol–water partition coefficient (Wildman–Crippen LogP) is 2.53. The maximum Gasteiger partial charge on any atom is 0.127 e. The topological polar surface area (TPSA) is 53.1 Å². The normalized spacial score (nSPS) is 14.6. The second-order valence-electron chi connectivity index (χ2n) is 4.44. The van der Waals surface area contributed by atoms with Crippen molar-refractivity contribution in [2.75, 3.05) is 7.05 Å². The van der Waals surface area contributed by atoms with Crippen LogP contribution in [0.2, 0.25) is 0 Å². The Morgan fingerprint density at radius 1 is 1.41 bits per heavy atom. The number of amidine groups is 1. The van der Waals surface area contributed by atoms with Crippen molar-refractivity contribution in [3.8, 4) is 0 Å². The van der Waals surface area contributed by atoms with Gasteiger partial charge in [0.25, 0.3) is 0 Å². The highest BCUT2D eigenvalue weighted by atomic mass is 19.1. The molecule has 4 heteroatoms. The lowest BCUT2D eigenvalue weighted by Crippen LogP contribution is -2.35. The van der Waals surface area contributed by atoms with Crippen LogP contribution >= 0.6 is 0 Å². The third kappa shape index (κ3) is 3.53. The van der Waals surface area contributed by atoms with Crippen LogP contribution in [-0.4, -0.2) is 23.8 Å². The molecule has 0 amide bonds. The molecule has 1 aromatic rings. The van der Waals surface area contributed by atoms with Crippen LogP contribution in [0, 0.1) is 11.2 Å². The van der Waals surface area contributed by atoms with Gasteiger partial charge < -0.3 is 5.73 Å². The molecule has 0 heterocycles. The Morgan fingerprint density at radius 2 is 2.00 bits per heavy atom. The van der Waals surface area contributed by atoms with Crippen molar-refractivity contribution in [2.45, 2.75) is 32.4 Å². The predicted molar refractivity (Wildman–Crippen MR) is 68.6 cm³/mol. The number of benzene rings is 1. The molecule has 0 radical (unpaired) electrons. The first-order valence-electron chi connectivity index (χ1n) is 5.72. The number of halogens is 1. The van der Waals surface area contributed by atoms with Crippen molar-refractivity contribution in [3.63, 3.8) is 0 Å². The van der Waals surface area contributed by atoms with Crippen molar-refractivity contribution in [2.24, 2.45) is 5.73 Å². The number of rotatable bonds is 5. The monoisotopic (exact) mass is 237 g/mol. The van der Waals surface area contributed by atoms with Crippen molar-refractivity contribution in [1.29, 1.82) is 5.41 Å². The van der Waals surface area contributed by atoms with E-state index in [-0.39, 0.29) is 23.7 Å². The van der Waals surface area contributed by atoms with E-state index >= 15 is 0 Å². The zero-order valence-corrected chi connectivity index (χ0v) is 10.6. The molecular formula is C13H20FN3. The number of hydrogen-bond acceptors (Lipinski definition) is 2. The van der Waals surface area contributed by atoms with Gasteiger partial charge in [-0.05, 0) is 27.0 Å². The molecule has 0 aromatic heterocycles. The number of nitrogens with one attached hydrogen (secondary N) is 1. The fourth-order valence-electron chi connectivity index (χ4n) is 1.88. The van der Waals surface area contributed by atoms with Crippen LogP contribution in [0.5, 0.6) is 0 Å². The summed E-state index contributed by atoms with van der Waals surface area (Å²) in [5, 5.41) is 7.28. The zero-order valence-electron chi connectivity index (χ0n) is 10.6. The molecule has 94 valence electrons. The molecule has 0 fully saturated rings. The molecule has 17 heavy (non-hydrogen) atoms. The smallest absolute Gasteiger partial charge is 0.127 e. The lowest BCUT2D eigenvalue weighted by Gasteiger charge is -2.31. The molecule has 0 aliphatic rings. The molecule has 0 spiro atoms. The highest BCUT2D eigenvalue weighted by Crippen LogP contribution is 2.23. The second-order valence-corrected chi connectivity index (χ2v) is 4.44. The number of nitrogens with two attached hydrogens (primary N) is 1. The summed E-state index contributed by atoms with van der Waals surface area (Å²) in [5.74, 6) is -0.0352. The highest BCUT2D eigenvalue weighted by molar-refractivity contribution is 5.77. The number of nitrogens with zero attached hydrogens (tertiary/aromatic N) is 1. The molecule has 2 unspecified atom stereocenters. The van der Waals surface area contributed by atoms with Gasteiger partial charge in [-0.1, -0.05) is 18.2 Å². The largest absolute Gasteiger partial charge is 0.388 e. The molecule has 0 bridgehead atoms. The maximum atomic E-state index is 13.6. The summed E-state index contributed by atoms with van der Waals surface area (Å²) < 4.78 is 13.6. The van der Waals surface area contributed by atoms with Crippen molar-refractivity contribution < 1.29 is 4.39 Å². The summed E-state index contributed by atoms with van der Waals surface area (Å²) in [4.78, 5) is 2.03. The van der Waals surface area contributed by atoms with E-state index < -0.39 is 0 Å². The highest BCUT2D eigenvalue weighted by Gasteiger charge is 2.20. The lowest BCUT2D eigenvalue weighted by atomic mass is 10.0. The Kier molecular flexibility index (Phi) is 4.63. The van der Waals surface area contributed by atoms with Crippen LogP contribution in [0.25, 0.3) is 0 Å². The van der Waals surface area contributed by atoms with Crippen LogP contribution in [0.15, 0.2) is 24.3 Å². The Bertz CT molecular complexity index is 392. The van der Waals surface area contributed by atoms with Crippen molar-refractivity contribution in [3.05, 3.63) is 35.6 Å². The first kappa shape index (κ1) is 13.6. The zero-order chi connectivity index (χ0) is 13.0. The molecule has 1 aromatic carbocycles. The molecule has 0 aliphatic carbocycles. The second kappa shape index (κ2) is 5.77. The van der Waals surface area contributed by atoms with E-state index in [9.17, 15) is 4.39 Å². The standard InChI is InChI=1S/C13H20FN3/c1-9(8-13(15)16)17(3)10(2)11-6-4-5-7-12(11)14/h4-7,9-10H,8H2,1-3H3,(H3,15,16). The molecule has 3 nitrogen and oxygen atoms in total. The fraction of sp³-hybridized carbons (Fsp3) is 0.462. The first-order valence-corrected chi connectivity index (χ1v) is 5.72. The van der Waals surface area contributed by atoms with Crippen LogP contribution in [0.3, 0.4) is 0 Å². The molecule has 2 atom stereocenters. The van der Waals surface area contributed by atoms with Gasteiger partial charge in [0.15, 0.2) is 0 Å². The van der Waals surface area contributed by atoms with E-state index in [1.54, 1.807) is 12.1 Å². The summed E-state index contributed by atoms with van der Waals surface area (Å²) in [6.45, 7) is 3.94. The molecular weight excluding hydrogens is 217 g/mol. The van der Waals surface area contributed by atoms with Crippen LogP contribution in [0.1, 0.15) is 31.9 Å². The minimum absolute atomic E-state index is 0.0365. The fourth-order valence-corrected chi connectivity index (χ4v) is 1.88. The van der Waals surface area contributed by atoms with Gasteiger partial charge in [0.05, 0.1) is 5.84 Å². The Morgan fingerprint density at radius 3 is 2.53 bits per heavy atom. The summed E-state index contributed by atoms with van der Waals surface area (Å²) >= 11 is 0. The first-order chi connectivity index (χ1) is 7.93. The van der Waals surface area contributed by atoms with Gasteiger partial charge >= 0.3 is 0 Å². The van der Waals surface area contributed by atoms with E-state index in [0.29, 0.717) is 12.0 Å². The van der Waals surface area contributed by atoms with E-state index in [0.717, 1.165) is 0 Å². The van der Waals surface area contributed by atoms with Gasteiger partial charge in [0.1, 0.15) is 5.82 Å². The molecule has 0 saturated heterocycles. The van der Waals surface area contributed by atoms with Crippen molar-refractivity contribution in [1.82, 2.24) is 4.90 Å². The molecule has 1 rings (SSSR count). The average molecular weight is 237 g/mol. The van der Waals surface area contributed by atoms with Gasteiger partial charge in [0.2, 0.25) is 0 Å². The van der Waals surface area contributed by atoms with Gasteiger partial charge in [0, 0.05) is 24.1 Å². The quantitative estimate of drug-likeness (QED) is 0.610. The van der Waals surface area contributed by atoms with Gasteiger partial charge in [-0.25, -0.2) is 4.39 Å². The average Bonchev–Trinajstić information content (AvgIpc) is 2.27. The summed E-state index contributed by atoms with van der Waals surface area (Å²) in [6, 6.07) is 6.85. The Hall–Kier alpha value is -1.42. The lowest BCUT2D eigenvalue weighted by molar-refractivity contribution is 0.198. The summed E-state index contributed by atoms with van der Waals surface area (Å²) in [6.07, 6.45) is 0.495. The van der Waals surface area contributed by atoms with Crippen molar-refractivity contribution >= 4 is 5.84 Å². The van der Waals surface area contributed by atoms with Crippen LogP contribution in [-0.2, 0) is 0 Å².